The lowest BCUT2D eigenvalue weighted by atomic mass is 10.1. The summed E-state index contributed by atoms with van der Waals surface area (Å²) < 4.78 is 11.0. The average Bonchev–Trinajstić information content (AvgIpc) is 2.56. The van der Waals surface area contributed by atoms with E-state index in [1.165, 1.54) is 6.08 Å². The zero-order valence-corrected chi connectivity index (χ0v) is 14.0. The molecule has 0 aliphatic carbocycles. The number of rotatable bonds is 7. The summed E-state index contributed by atoms with van der Waals surface area (Å²) >= 11 is 5.84. The maximum Gasteiger partial charge on any atom is 0.185 e. The molecule has 0 bridgehead atoms. The molecule has 0 amide bonds. The maximum absolute atomic E-state index is 12.3. The molecule has 0 saturated heterocycles. The number of carbonyl (C=O) groups is 1. The first-order chi connectivity index (χ1) is 11.1. The fraction of sp³-hybridized carbons (Fsp3) is 0.211. The number of ketones is 1. The quantitative estimate of drug-likeness (QED) is 0.527. The largest absolute Gasteiger partial charge is 0.490 e. The predicted molar refractivity (Wildman–Crippen MR) is 93.6 cm³/mol. The Hall–Kier alpha value is -2.26. The first kappa shape index (κ1) is 17.1. The van der Waals surface area contributed by atoms with Crippen LogP contribution in [-0.2, 0) is 0 Å². The lowest BCUT2D eigenvalue weighted by Gasteiger charge is -2.11. The van der Waals surface area contributed by atoms with Crippen molar-refractivity contribution >= 4 is 23.5 Å². The van der Waals surface area contributed by atoms with Crippen molar-refractivity contribution in [2.45, 2.75) is 13.8 Å². The highest BCUT2D eigenvalue weighted by Gasteiger charge is 2.09. The highest BCUT2D eigenvalue weighted by Crippen LogP contribution is 2.28. The minimum absolute atomic E-state index is 0.0936. The number of allylic oxidation sites excluding steroid dienone is 1. The van der Waals surface area contributed by atoms with Gasteiger partial charge in [0.15, 0.2) is 17.3 Å². The summed E-state index contributed by atoms with van der Waals surface area (Å²) in [5.41, 5.74) is 1.47. The van der Waals surface area contributed by atoms with E-state index >= 15 is 0 Å². The molecule has 2 aromatic carbocycles. The lowest BCUT2D eigenvalue weighted by molar-refractivity contribution is 0.104. The third-order valence-electron chi connectivity index (χ3n) is 3.13. The molecule has 0 atom stereocenters. The Kier molecular flexibility index (Phi) is 6.24. The van der Waals surface area contributed by atoms with Gasteiger partial charge in [-0.1, -0.05) is 29.8 Å². The van der Waals surface area contributed by atoms with E-state index in [1.807, 2.05) is 26.0 Å². The molecular formula is C19H19ClO3. The number of benzene rings is 2. The van der Waals surface area contributed by atoms with Crippen LogP contribution in [0.15, 0.2) is 48.5 Å². The van der Waals surface area contributed by atoms with Crippen molar-refractivity contribution in [1.82, 2.24) is 0 Å². The van der Waals surface area contributed by atoms with Gasteiger partial charge in [-0.2, -0.15) is 0 Å². The van der Waals surface area contributed by atoms with Crippen LogP contribution in [0.1, 0.15) is 29.8 Å². The van der Waals surface area contributed by atoms with Gasteiger partial charge >= 0.3 is 0 Å². The van der Waals surface area contributed by atoms with Crippen LogP contribution in [0.3, 0.4) is 0 Å². The van der Waals surface area contributed by atoms with Crippen LogP contribution >= 0.6 is 11.6 Å². The van der Waals surface area contributed by atoms with Crippen LogP contribution in [0.2, 0.25) is 5.02 Å². The summed E-state index contributed by atoms with van der Waals surface area (Å²) in [6.45, 7) is 4.86. The molecule has 0 unspecified atom stereocenters. The molecule has 2 rings (SSSR count). The Morgan fingerprint density at radius 1 is 1.00 bits per heavy atom. The molecule has 0 aliphatic heterocycles. The normalized spacial score (nSPS) is 10.7. The van der Waals surface area contributed by atoms with Crippen LogP contribution in [0.5, 0.6) is 11.5 Å². The van der Waals surface area contributed by atoms with Crippen LogP contribution in [-0.4, -0.2) is 19.0 Å². The molecular weight excluding hydrogens is 312 g/mol. The van der Waals surface area contributed by atoms with Gasteiger partial charge in [-0.3, -0.25) is 4.79 Å². The van der Waals surface area contributed by atoms with E-state index in [0.717, 1.165) is 5.56 Å². The highest BCUT2D eigenvalue weighted by atomic mass is 35.5. The van der Waals surface area contributed by atoms with Crippen LogP contribution < -0.4 is 9.47 Å². The molecule has 0 heterocycles. The van der Waals surface area contributed by atoms with Crippen molar-refractivity contribution in [3.05, 3.63) is 64.7 Å². The minimum Gasteiger partial charge on any atom is -0.490 e. The first-order valence-electron chi connectivity index (χ1n) is 7.51. The second kappa shape index (κ2) is 8.39. The molecule has 23 heavy (non-hydrogen) atoms. The van der Waals surface area contributed by atoms with Gasteiger partial charge < -0.3 is 9.47 Å². The standard InChI is InChI=1S/C19H19ClO3/c1-3-22-18-12-8-15(13-19(18)23-4-2)17(21)11-7-14-5-9-16(20)10-6-14/h5-13H,3-4H2,1-2H3/b11-7+. The summed E-state index contributed by atoms with van der Waals surface area (Å²) in [6, 6.07) is 12.5. The van der Waals surface area contributed by atoms with Crippen molar-refractivity contribution in [3.63, 3.8) is 0 Å². The second-order valence-electron chi connectivity index (χ2n) is 4.78. The third kappa shape index (κ3) is 4.86. The molecule has 0 radical (unpaired) electrons. The van der Waals surface area contributed by atoms with E-state index in [0.29, 0.717) is 35.3 Å². The van der Waals surface area contributed by atoms with E-state index in [4.69, 9.17) is 21.1 Å². The minimum atomic E-state index is -0.0936. The Bertz CT molecular complexity index is 690. The summed E-state index contributed by atoms with van der Waals surface area (Å²) in [5.74, 6) is 1.14. The van der Waals surface area contributed by atoms with Gasteiger partial charge in [0.1, 0.15) is 0 Å². The van der Waals surface area contributed by atoms with Crippen LogP contribution in [0, 0.1) is 0 Å². The Labute approximate surface area is 141 Å². The number of halogens is 1. The number of carbonyl (C=O) groups excluding carboxylic acids is 1. The van der Waals surface area contributed by atoms with Crippen molar-refractivity contribution in [3.8, 4) is 11.5 Å². The predicted octanol–water partition coefficient (Wildman–Crippen LogP) is 5.03. The fourth-order valence-electron chi connectivity index (χ4n) is 2.05. The van der Waals surface area contributed by atoms with Gasteiger partial charge in [0.2, 0.25) is 0 Å². The summed E-state index contributed by atoms with van der Waals surface area (Å²) in [4.78, 5) is 12.3. The van der Waals surface area contributed by atoms with Crippen molar-refractivity contribution in [1.29, 1.82) is 0 Å². The first-order valence-corrected chi connectivity index (χ1v) is 7.89. The van der Waals surface area contributed by atoms with Gasteiger partial charge in [-0.05, 0) is 55.8 Å². The van der Waals surface area contributed by atoms with Crippen molar-refractivity contribution in [2.24, 2.45) is 0 Å². The zero-order valence-electron chi connectivity index (χ0n) is 13.2. The van der Waals surface area contributed by atoms with E-state index in [2.05, 4.69) is 0 Å². The smallest absolute Gasteiger partial charge is 0.185 e. The Morgan fingerprint density at radius 3 is 2.30 bits per heavy atom. The van der Waals surface area contributed by atoms with E-state index in [-0.39, 0.29) is 5.78 Å². The third-order valence-corrected chi connectivity index (χ3v) is 3.38. The molecule has 0 N–H and O–H groups in total. The molecule has 2 aromatic rings. The van der Waals surface area contributed by atoms with Gasteiger partial charge in [0.05, 0.1) is 13.2 Å². The SMILES string of the molecule is CCOc1ccc(C(=O)/C=C/c2ccc(Cl)cc2)cc1OCC. The summed E-state index contributed by atoms with van der Waals surface area (Å²) in [7, 11) is 0. The van der Waals surface area contributed by atoms with Gasteiger partial charge in [-0.25, -0.2) is 0 Å². The topological polar surface area (TPSA) is 35.5 Å². The molecule has 0 aliphatic rings. The molecule has 4 heteroatoms. The van der Waals surface area contributed by atoms with E-state index in [1.54, 1.807) is 36.4 Å². The molecule has 0 fully saturated rings. The summed E-state index contributed by atoms with van der Waals surface area (Å²) in [5, 5.41) is 0.668. The molecule has 0 saturated carbocycles. The second-order valence-corrected chi connectivity index (χ2v) is 5.21. The highest BCUT2D eigenvalue weighted by molar-refractivity contribution is 6.30. The van der Waals surface area contributed by atoms with Crippen molar-refractivity contribution in [2.75, 3.05) is 13.2 Å². The molecule has 3 nitrogen and oxygen atoms in total. The van der Waals surface area contributed by atoms with Crippen molar-refractivity contribution < 1.29 is 14.3 Å². The number of ether oxygens (including phenoxy) is 2. The molecule has 120 valence electrons. The lowest BCUT2D eigenvalue weighted by Crippen LogP contribution is -2.01. The zero-order chi connectivity index (χ0) is 16.7. The van der Waals surface area contributed by atoms with Crippen LogP contribution in [0.4, 0.5) is 0 Å². The summed E-state index contributed by atoms with van der Waals surface area (Å²) in [6.07, 6.45) is 3.30. The van der Waals surface area contributed by atoms with E-state index in [9.17, 15) is 4.79 Å². The molecule has 0 spiro atoms. The maximum atomic E-state index is 12.3. The fourth-order valence-corrected chi connectivity index (χ4v) is 2.17. The van der Waals surface area contributed by atoms with Gasteiger partial charge in [0, 0.05) is 10.6 Å². The van der Waals surface area contributed by atoms with Crippen LogP contribution in [0.25, 0.3) is 6.08 Å². The Balaban J connectivity index is 2.18. The number of hydrogen-bond acceptors (Lipinski definition) is 3. The van der Waals surface area contributed by atoms with Gasteiger partial charge in [-0.15, -0.1) is 0 Å². The average molecular weight is 331 g/mol. The van der Waals surface area contributed by atoms with Gasteiger partial charge in [0.25, 0.3) is 0 Å². The number of hydrogen-bond donors (Lipinski definition) is 0. The molecule has 0 aromatic heterocycles. The monoisotopic (exact) mass is 330 g/mol. The Morgan fingerprint density at radius 2 is 1.65 bits per heavy atom. The van der Waals surface area contributed by atoms with E-state index < -0.39 is 0 Å².